The number of benzene rings is 1. The van der Waals surface area contributed by atoms with E-state index in [4.69, 9.17) is 16.0 Å². The molecular weight excluding hydrogens is 248 g/mol. The molecular formula is C9H14N2O3S2. The van der Waals surface area contributed by atoms with Gasteiger partial charge in [0.1, 0.15) is 0 Å². The Morgan fingerprint density at radius 3 is 2.62 bits per heavy atom. The van der Waals surface area contributed by atoms with Crippen LogP contribution in [0.5, 0.6) is 0 Å². The standard InChI is InChI=1S/C9H14N2O3S2/c1-6(5-12)15-9-4-7(16(11,13)14)2-3-8(9)10/h2-4,6,12H,5,10H2,1H3,(H2,11,13,14). The molecule has 5 nitrogen and oxygen atoms in total. The minimum Gasteiger partial charge on any atom is -0.398 e. The van der Waals surface area contributed by atoms with E-state index in [1.54, 1.807) is 0 Å². The maximum Gasteiger partial charge on any atom is 0.238 e. The highest BCUT2D eigenvalue weighted by molar-refractivity contribution is 8.00. The van der Waals surface area contributed by atoms with Crippen molar-refractivity contribution in [3.05, 3.63) is 18.2 Å². The lowest BCUT2D eigenvalue weighted by Crippen LogP contribution is -2.12. The molecule has 0 aliphatic rings. The van der Waals surface area contributed by atoms with Crippen LogP contribution in [0.1, 0.15) is 6.92 Å². The highest BCUT2D eigenvalue weighted by Gasteiger charge is 2.12. The molecule has 1 atom stereocenters. The number of rotatable bonds is 4. The molecule has 0 bridgehead atoms. The van der Waals surface area contributed by atoms with E-state index in [1.165, 1.54) is 30.0 Å². The molecule has 1 aromatic rings. The Morgan fingerprint density at radius 2 is 2.12 bits per heavy atom. The van der Waals surface area contributed by atoms with Crippen LogP contribution in [0.25, 0.3) is 0 Å². The summed E-state index contributed by atoms with van der Waals surface area (Å²) in [7, 11) is -3.72. The first kappa shape index (κ1) is 13.3. The second kappa shape index (κ2) is 5.05. The summed E-state index contributed by atoms with van der Waals surface area (Å²) >= 11 is 1.31. The van der Waals surface area contributed by atoms with E-state index < -0.39 is 10.0 Å². The van der Waals surface area contributed by atoms with E-state index in [-0.39, 0.29) is 16.8 Å². The third-order valence-corrected chi connectivity index (χ3v) is 3.97. The molecule has 0 radical (unpaired) electrons. The third-order valence-electron chi connectivity index (χ3n) is 1.90. The number of hydrogen-bond donors (Lipinski definition) is 3. The fourth-order valence-corrected chi connectivity index (χ4v) is 2.57. The van der Waals surface area contributed by atoms with Gasteiger partial charge in [-0.05, 0) is 18.2 Å². The fourth-order valence-electron chi connectivity index (χ4n) is 1.05. The SMILES string of the molecule is CC(CO)Sc1cc(S(N)(=O)=O)ccc1N. The number of sulfonamides is 1. The van der Waals surface area contributed by atoms with Crippen molar-refractivity contribution in [2.75, 3.05) is 12.3 Å². The second-order valence-electron chi connectivity index (χ2n) is 3.36. The van der Waals surface area contributed by atoms with Crippen LogP contribution in [0.15, 0.2) is 28.0 Å². The first-order valence-electron chi connectivity index (χ1n) is 4.54. The van der Waals surface area contributed by atoms with Gasteiger partial charge >= 0.3 is 0 Å². The van der Waals surface area contributed by atoms with Gasteiger partial charge in [-0.25, -0.2) is 13.6 Å². The minimum absolute atomic E-state index is 0.0102. The molecule has 0 aliphatic heterocycles. The van der Waals surface area contributed by atoms with Gasteiger partial charge in [0, 0.05) is 15.8 Å². The van der Waals surface area contributed by atoms with Crippen LogP contribution in [0, 0.1) is 0 Å². The number of primary sulfonamides is 1. The minimum atomic E-state index is -3.72. The van der Waals surface area contributed by atoms with Crippen molar-refractivity contribution >= 4 is 27.5 Å². The fraction of sp³-hybridized carbons (Fsp3) is 0.333. The zero-order valence-electron chi connectivity index (χ0n) is 8.75. The number of anilines is 1. The van der Waals surface area contributed by atoms with Crippen LogP contribution in [-0.4, -0.2) is 25.4 Å². The predicted molar refractivity (Wildman–Crippen MR) is 64.6 cm³/mol. The van der Waals surface area contributed by atoms with Gasteiger partial charge in [-0.1, -0.05) is 6.92 Å². The summed E-state index contributed by atoms with van der Waals surface area (Å²) in [6, 6.07) is 4.27. The summed E-state index contributed by atoms with van der Waals surface area (Å²) in [5.41, 5.74) is 6.17. The Kier molecular flexibility index (Phi) is 4.20. The van der Waals surface area contributed by atoms with Crippen LogP contribution >= 0.6 is 11.8 Å². The summed E-state index contributed by atoms with van der Waals surface area (Å²) < 4.78 is 22.3. The quantitative estimate of drug-likeness (QED) is 0.537. The van der Waals surface area contributed by atoms with Crippen molar-refractivity contribution in [3.8, 4) is 0 Å². The van der Waals surface area contributed by atoms with Crippen molar-refractivity contribution in [3.63, 3.8) is 0 Å². The lowest BCUT2D eigenvalue weighted by molar-refractivity contribution is 0.300. The van der Waals surface area contributed by atoms with Crippen LogP contribution < -0.4 is 10.9 Å². The molecule has 1 rings (SSSR count). The Morgan fingerprint density at radius 1 is 1.50 bits per heavy atom. The molecule has 1 unspecified atom stereocenters. The number of hydrogen-bond acceptors (Lipinski definition) is 5. The van der Waals surface area contributed by atoms with E-state index in [0.717, 1.165) is 0 Å². The van der Waals surface area contributed by atoms with Gasteiger partial charge in [0.15, 0.2) is 0 Å². The topological polar surface area (TPSA) is 106 Å². The predicted octanol–water partition coefficient (Wildman–Crippen LogP) is 0.389. The summed E-state index contributed by atoms with van der Waals surface area (Å²) in [5, 5.41) is 13.9. The largest absolute Gasteiger partial charge is 0.398 e. The van der Waals surface area contributed by atoms with Crippen LogP contribution in [0.3, 0.4) is 0 Å². The number of thioether (sulfide) groups is 1. The number of nitrogen functional groups attached to an aromatic ring is 1. The average molecular weight is 262 g/mol. The summed E-state index contributed by atoms with van der Waals surface area (Å²) in [4.78, 5) is 0.627. The smallest absolute Gasteiger partial charge is 0.238 e. The van der Waals surface area contributed by atoms with Crippen molar-refractivity contribution in [1.29, 1.82) is 0 Å². The molecule has 90 valence electrons. The van der Waals surface area contributed by atoms with Crippen molar-refractivity contribution in [2.24, 2.45) is 5.14 Å². The van der Waals surface area contributed by atoms with Crippen molar-refractivity contribution in [1.82, 2.24) is 0 Å². The van der Waals surface area contributed by atoms with E-state index in [1.807, 2.05) is 6.92 Å². The molecule has 0 fully saturated rings. The summed E-state index contributed by atoms with van der Waals surface area (Å²) in [6.07, 6.45) is 0. The Balaban J connectivity index is 3.09. The average Bonchev–Trinajstić information content (AvgIpc) is 2.19. The first-order chi connectivity index (χ1) is 7.34. The van der Waals surface area contributed by atoms with Crippen LogP contribution in [0.2, 0.25) is 0 Å². The zero-order chi connectivity index (χ0) is 12.3. The van der Waals surface area contributed by atoms with Crippen molar-refractivity contribution in [2.45, 2.75) is 22.0 Å². The molecule has 0 heterocycles. The summed E-state index contributed by atoms with van der Waals surface area (Å²) in [6.45, 7) is 1.80. The number of aliphatic hydroxyl groups is 1. The zero-order valence-corrected chi connectivity index (χ0v) is 10.4. The molecule has 0 amide bonds. The lowest BCUT2D eigenvalue weighted by atomic mass is 10.3. The maximum atomic E-state index is 11.1. The van der Waals surface area contributed by atoms with Gasteiger partial charge < -0.3 is 10.8 Å². The molecule has 5 N–H and O–H groups in total. The highest BCUT2D eigenvalue weighted by Crippen LogP contribution is 2.30. The van der Waals surface area contributed by atoms with E-state index >= 15 is 0 Å². The van der Waals surface area contributed by atoms with Gasteiger partial charge in [-0.3, -0.25) is 0 Å². The van der Waals surface area contributed by atoms with E-state index in [2.05, 4.69) is 0 Å². The van der Waals surface area contributed by atoms with Crippen LogP contribution in [-0.2, 0) is 10.0 Å². The molecule has 0 spiro atoms. The van der Waals surface area contributed by atoms with E-state index in [9.17, 15) is 8.42 Å². The molecule has 0 saturated carbocycles. The monoisotopic (exact) mass is 262 g/mol. The normalized spacial score (nSPS) is 13.7. The van der Waals surface area contributed by atoms with Crippen LogP contribution in [0.4, 0.5) is 5.69 Å². The molecule has 16 heavy (non-hydrogen) atoms. The molecule has 0 saturated heterocycles. The third kappa shape index (κ3) is 3.38. The Hall–Kier alpha value is -0.760. The van der Waals surface area contributed by atoms with Gasteiger partial charge in [0.2, 0.25) is 10.0 Å². The molecule has 1 aromatic carbocycles. The Labute approximate surface area is 98.9 Å². The molecule has 0 aromatic heterocycles. The molecule has 7 heteroatoms. The van der Waals surface area contributed by atoms with Gasteiger partial charge in [0.05, 0.1) is 11.5 Å². The van der Waals surface area contributed by atoms with Crippen molar-refractivity contribution < 1.29 is 13.5 Å². The van der Waals surface area contributed by atoms with Gasteiger partial charge in [-0.2, -0.15) is 0 Å². The van der Waals surface area contributed by atoms with Gasteiger partial charge in [0.25, 0.3) is 0 Å². The lowest BCUT2D eigenvalue weighted by Gasteiger charge is -2.11. The maximum absolute atomic E-state index is 11.1. The molecule has 0 aliphatic carbocycles. The second-order valence-corrected chi connectivity index (χ2v) is 6.40. The highest BCUT2D eigenvalue weighted by atomic mass is 32.2. The summed E-state index contributed by atoms with van der Waals surface area (Å²) in [5.74, 6) is 0. The number of aliphatic hydroxyl groups excluding tert-OH is 1. The Bertz CT molecular complexity index is 474. The van der Waals surface area contributed by atoms with Gasteiger partial charge in [-0.15, -0.1) is 11.8 Å². The first-order valence-corrected chi connectivity index (χ1v) is 6.97. The van der Waals surface area contributed by atoms with E-state index in [0.29, 0.717) is 10.6 Å². The number of nitrogens with two attached hydrogens (primary N) is 2.